The third-order valence-corrected chi connectivity index (χ3v) is 5.05. The van der Waals surface area contributed by atoms with E-state index >= 15 is 0 Å². The molecule has 0 spiro atoms. The second-order valence-electron chi connectivity index (χ2n) is 7.32. The fourth-order valence-corrected chi connectivity index (χ4v) is 3.43. The van der Waals surface area contributed by atoms with E-state index in [9.17, 15) is 4.79 Å². The number of hydrogen-bond donors (Lipinski definition) is 1. The molecule has 1 amide bonds. The second-order valence-corrected chi connectivity index (χ2v) is 7.32. The molecule has 0 aliphatic heterocycles. The smallest absolute Gasteiger partial charge is 0.239 e. The molecule has 0 aliphatic carbocycles. The number of nitrogens with zero attached hydrogens (tertiary/aromatic N) is 2. The van der Waals surface area contributed by atoms with Gasteiger partial charge in [-0.2, -0.15) is 0 Å². The Morgan fingerprint density at radius 2 is 1.77 bits per heavy atom. The number of nitrogens with one attached hydrogen (secondary N) is 1. The van der Waals surface area contributed by atoms with Crippen molar-refractivity contribution in [3.05, 3.63) is 89.7 Å². The standard InChI is InChI=1S/C25H23N3O2/c1-17-8-9-18(2)21(16-17)24-23(20-12-14-26-15-13-20)25(30-28-24)27-22(29)11-10-19-6-4-3-5-7-19/h3-9,12-16H,10-11H2,1-2H3,(H,27,29). The molecule has 2 aromatic heterocycles. The van der Waals surface area contributed by atoms with Crippen LogP contribution in [0, 0.1) is 13.8 Å². The highest BCUT2D eigenvalue weighted by molar-refractivity contribution is 5.97. The van der Waals surface area contributed by atoms with E-state index in [1.54, 1.807) is 12.4 Å². The van der Waals surface area contributed by atoms with Crippen molar-refractivity contribution < 1.29 is 9.32 Å². The molecule has 5 nitrogen and oxygen atoms in total. The predicted molar refractivity (Wildman–Crippen MR) is 118 cm³/mol. The monoisotopic (exact) mass is 397 g/mol. The van der Waals surface area contributed by atoms with Crippen LogP contribution in [0.3, 0.4) is 0 Å². The molecule has 0 bridgehead atoms. The van der Waals surface area contributed by atoms with Crippen LogP contribution in [0.15, 0.2) is 77.6 Å². The number of rotatable bonds is 6. The van der Waals surface area contributed by atoms with Crippen LogP contribution in [-0.4, -0.2) is 16.0 Å². The van der Waals surface area contributed by atoms with E-state index in [1.165, 1.54) is 0 Å². The van der Waals surface area contributed by atoms with Gasteiger partial charge in [0.25, 0.3) is 0 Å². The maximum atomic E-state index is 12.6. The molecule has 2 heterocycles. The number of aryl methyl sites for hydroxylation is 3. The van der Waals surface area contributed by atoms with Gasteiger partial charge in [-0.3, -0.25) is 15.1 Å². The molecule has 0 fully saturated rings. The van der Waals surface area contributed by atoms with E-state index in [-0.39, 0.29) is 5.91 Å². The minimum Gasteiger partial charge on any atom is -0.337 e. The second kappa shape index (κ2) is 8.74. The predicted octanol–water partition coefficient (Wildman–Crippen LogP) is 5.59. The first kappa shape index (κ1) is 19.6. The topological polar surface area (TPSA) is 68.0 Å². The first-order chi connectivity index (χ1) is 14.6. The molecule has 4 aromatic rings. The van der Waals surface area contributed by atoms with Crippen LogP contribution in [-0.2, 0) is 11.2 Å². The maximum absolute atomic E-state index is 12.6. The van der Waals surface area contributed by atoms with E-state index in [1.807, 2.05) is 56.3 Å². The Morgan fingerprint density at radius 3 is 2.53 bits per heavy atom. The zero-order chi connectivity index (χ0) is 20.9. The minimum absolute atomic E-state index is 0.113. The van der Waals surface area contributed by atoms with E-state index in [4.69, 9.17) is 4.52 Å². The SMILES string of the molecule is Cc1ccc(C)c(-c2noc(NC(=O)CCc3ccccc3)c2-c2ccncc2)c1. The van der Waals surface area contributed by atoms with Gasteiger partial charge in [0.1, 0.15) is 5.69 Å². The van der Waals surface area contributed by atoms with Gasteiger partial charge >= 0.3 is 0 Å². The largest absolute Gasteiger partial charge is 0.337 e. The Kier molecular flexibility index (Phi) is 5.70. The van der Waals surface area contributed by atoms with Gasteiger partial charge in [-0.1, -0.05) is 53.2 Å². The summed E-state index contributed by atoms with van der Waals surface area (Å²) < 4.78 is 5.62. The lowest BCUT2D eigenvalue weighted by Crippen LogP contribution is -2.12. The van der Waals surface area contributed by atoms with Crippen molar-refractivity contribution in [2.45, 2.75) is 26.7 Å². The summed E-state index contributed by atoms with van der Waals surface area (Å²) in [6.07, 6.45) is 4.46. The lowest BCUT2D eigenvalue weighted by Gasteiger charge is -2.08. The van der Waals surface area contributed by atoms with E-state index in [0.717, 1.165) is 33.4 Å². The Hall–Kier alpha value is -3.73. The van der Waals surface area contributed by atoms with Gasteiger partial charge in [0.2, 0.25) is 11.8 Å². The van der Waals surface area contributed by atoms with Crippen molar-refractivity contribution in [3.8, 4) is 22.4 Å². The number of carbonyl (C=O) groups excluding carboxylic acids is 1. The third-order valence-electron chi connectivity index (χ3n) is 5.05. The molecule has 0 atom stereocenters. The molecular formula is C25H23N3O2. The Morgan fingerprint density at radius 1 is 1.00 bits per heavy atom. The third kappa shape index (κ3) is 4.30. The van der Waals surface area contributed by atoms with Crippen molar-refractivity contribution in [1.82, 2.24) is 10.1 Å². The van der Waals surface area contributed by atoms with Crippen LogP contribution in [0.1, 0.15) is 23.1 Å². The van der Waals surface area contributed by atoms with Gasteiger partial charge in [0, 0.05) is 24.4 Å². The summed E-state index contributed by atoms with van der Waals surface area (Å²) in [7, 11) is 0. The number of hydrogen-bond acceptors (Lipinski definition) is 4. The molecular weight excluding hydrogens is 374 g/mol. The van der Waals surface area contributed by atoms with Crippen LogP contribution < -0.4 is 5.32 Å². The number of anilines is 1. The van der Waals surface area contributed by atoms with Crippen molar-refractivity contribution >= 4 is 11.8 Å². The van der Waals surface area contributed by atoms with Crippen molar-refractivity contribution in [3.63, 3.8) is 0 Å². The van der Waals surface area contributed by atoms with Gasteiger partial charge in [-0.05, 0) is 55.2 Å². The molecule has 0 unspecified atom stereocenters. The Bertz CT molecular complexity index is 1150. The van der Waals surface area contributed by atoms with Crippen LogP contribution >= 0.6 is 0 Å². The fourth-order valence-electron chi connectivity index (χ4n) is 3.43. The molecule has 2 aromatic carbocycles. The summed E-state index contributed by atoms with van der Waals surface area (Å²) in [5.74, 6) is 0.244. The summed E-state index contributed by atoms with van der Waals surface area (Å²) in [6, 6.07) is 19.9. The number of pyridine rings is 1. The zero-order valence-corrected chi connectivity index (χ0v) is 17.1. The van der Waals surface area contributed by atoms with Gasteiger partial charge < -0.3 is 4.52 Å². The zero-order valence-electron chi connectivity index (χ0n) is 17.1. The molecule has 4 rings (SSSR count). The molecule has 150 valence electrons. The van der Waals surface area contributed by atoms with Gasteiger partial charge in [-0.15, -0.1) is 0 Å². The Labute approximate surface area is 175 Å². The lowest BCUT2D eigenvalue weighted by molar-refractivity contribution is -0.116. The average Bonchev–Trinajstić information content (AvgIpc) is 3.18. The van der Waals surface area contributed by atoms with Crippen molar-refractivity contribution in [1.29, 1.82) is 0 Å². The van der Waals surface area contributed by atoms with Crippen LogP contribution in [0.5, 0.6) is 0 Å². The van der Waals surface area contributed by atoms with Gasteiger partial charge in [0.15, 0.2) is 0 Å². The quantitative estimate of drug-likeness (QED) is 0.460. The van der Waals surface area contributed by atoms with Crippen molar-refractivity contribution in [2.24, 2.45) is 0 Å². The minimum atomic E-state index is -0.113. The van der Waals surface area contributed by atoms with Crippen LogP contribution in [0.4, 0.5) is 5.88 Å². The molecule has 0 aliphatic rings. The maximum Gasteiger partial charge on any atom is 0.239 e. The van der Waals surface area contributed by atoms with E-state index in [0.29, 0.717) is 24.4 Å². The number of aromatic nitrogens is 2. The molecule has 0 saturated heterocycles. The summed E-state index contributed by atoms with van der Waals surface area (Å²) in [6.45, 7) is 4.08. The van der Waals surface area contributed by atoms with E-state index < -0.39 is 0 Å². The number of benzene rings is 2. The number of carbonyl (C=O) groups is 1. The molecule has 5 heteroatoms. The lowest BCUT2D eigenvalue weighted by atomic mass is 9.97. The van der Waals surface area contributed by atoms with Gasteiger partial charge in [-0.25, -0.2) is 0 Å². The fraction of sp³-hybridized carbons (Fsp3) is 0.160. The highest BCUT2D eigenvalue weighted by atomic mass is 16.5. The van der Waals surface area contributed by atoms with Gasteiger partial charge in [0.05, 0.1) is 5.56 Å². The van der Waals surface area contributed by atoms with Crippen molar-refractivity contribution in [2.75, 3.05) is 5.32 Å². The molecule has 0 radical (unpaired) electrons. The van der Waals surface area contributed by atoms with Crippen LogP contribution in [0.25, 0.3) is 22.4 Å². The average molecular weight is 397 g/mol. The highest BCUT2D eigenvalue weighted by Crippen LogP contribution is 2.39. The highest BCUT2D eigenvalue weighted by Gasteiger charge is 2.22. The molecule has 1 N–H and O–H groups in total. The summed E-state index contributed by atoms with van der Waals surface area (Å²) in [5.41, 5.74) is 6.69. The molecule has 30 heavy (non-hydrogen) atoms. The normalized spacial score (nSPS) is 10.7. The number of amides is 1. The van der Waals surface area contributed by atoms with E-state index in [2.05, 4.69) is 33.7 Å². The first-order valence-corrected chi connectivity index (χ1v) is 9.93. The summed E-state index contributed by atoms with van der Waals surface area (Å²) >= 11 is 0. The van der Waals surface area contributed by atoms with Crippen LogP contribution in [0.2, 0.25) is 0 Å². The Balaban J connectivity index is 1.66. The summed E-state index contributed by atoms with van der Waals surface area (Å²) in [5, 5.41) is 7.24. The first-order valence-electron chi connectivity index (χ1n) is 9.93. The summed E-state index contributed by atoms with van der Waals surface area (Å²) in [4.78, 5) is 16.7. The molecule has 0 saturated carbocycles.